The molecule has 2 atom stereocenters. The van der Waals surface area contributed by atoms with Gasteiger partial charge in [-0.2, -0.15) is 0 Å². The van der Waals surface area contributed by atoms with Gasteiger partial charge < -0.3 is 20.4 Å². The number of aromatic hydroxyl groups is 2. The molecule has 4 N–H and O–H groups in total. The van der Waals surface area contributed by atoms with Crippen molar-refractivity contribution in [1.82, 2.24) is 0 Å². The minimum atomic E-state index is -0.309. The van der Waals surface area contributed by atoms with E-state index in [0.717, 1.165) is 21.5 Å². The predicted molar refractivity (Wildman–Crippen MR) is 139 cm³/mol. The van der Waals surface area contributed by atoms with E-state index in [-0.39, 0.29) is 36.8 Å². The van der Waals surface area contributed by atoms with Crippen molar-refractivity contribution < 1.29 is 20.4 Å². The zero-order valence-corrected chi connectivity index (χ0v) is 19.2. The molecular weight excluding hydrogens is 428 g/mol. The quantitative estimate of drug-likeness (QED) is 0.303. The highest BCUT2D eigenvalue weighted by Crippen LogP contribution is 2.47. The number of aliphatic hydroxyl groups is 2. The number of fused-ring (bicyclic) bond motifs is 2. The van der Waals surface area contributed by atoms with Gasteiger partial charge in [-0.05, 0) is 47.5 Å². The molecule has 0 saturated carbocycles. The van der Waals surface area contributed by atoms with Gasteiger partial charge >= 0.3 is 0 Å². The first-order chi connectivity index (χ1) is 16.4. The third kappa shape index (κ3) is 4.51. The van der Waals surface area contributed by atoms with Crippen LogP contribution in [0.5, 0.6) is 11.5 Å². The van der Waals surface area contributed by atoms with Gasteiger partial charge in [0.05, 0.1) is 25.3 Å². The van der Waals surface area contributed by atoms with Gasteiger partial charge in [0.2, 0.25) is 0 Å². The Morgan fingerprint density at radius 1 is 0.676 bits per heavy atom. The Hall–Kier alpha value is -3.74. The zero-order chi connectivity index (χ0) is 24.2. The summed E-state index contributed by atoms with van der Waals surface area (Å²) in [6.07, 6.45) is 3.11. The molecule has 0 amide bonds. The molecule has 6 nitrogen and oxygen atoms in total. The predicted octanol–water partition coefficient (Wildman–Crippen LogP) is 4.67. The molecule has 0 aromatic heterocycles. The van der Waals surface area contributed by atoms with Gasteiger partial charge in [-0.15, -0.1) is 0 Å². The summed E-state index contributed by atoms with van der Waals surface area (Å²) in [4.78, 5) is 8.67. The second-order valence-corrected chi connectivity index (χ2v) is 8.44. The second-order valence-electron chi connectivity index (χ2n) is 8.44. The Morgan fingerprint density at radius 3 is 1.44 bits per heavy atom. The number of phenolic OH excluding ortho intramolecular Hbond substituents is 2. The van der Waals surface area contributed by atoms with Gasteiger partial charge in [-0.25, -0.2) is 0 Å². The van der Waals surface area contributed by atoms with E-state index in [0.29, 0.717) is 22.3 Å². The van der Waals surface area contributed by atoms with Gasteiger partial charge in [-0.1, -0.05) is 48.5 Å². The highest BCUT2D eigenvalue weighted by molar-refractivity contribution is 6.14. The summed E-state index contributed by atoms with van der Waals surface area (Å²) in [6.45, 7) is 3.36. The molecule has 0 spiro atoms. The van der Waals surface area contributed by atoms with E-state index < -0.39 is 0 Å². The molecule has 0 aliphatic heterocycles. The summed E-state index contributed by atoms with van der Waals surface area (Å²) >= 11 is 0. The normalized spacial score (nSPS) is 13.9. The fraction of sp³-hybridized carbons (Fsp3) is 0.214. The van der Waals surface area contributed by atoms with Crippen molar-refractivity contribution in [3.63, 3.8) is 0 Å². The number of rotatable bonds is 7. The lowest BCUT2D eigenvalue weighted by molar-refractivity contribution is 0.274. The third-order valence-corrected chi connectivity index (χ3v) is 5.82. The van der Waals surface area contributed by atoms with Gasteiger partial charge in [0.1, 0.15) is 11.5 Å². The molecule has 0 radical (unpaired) electrons. The van der Waals surface area contributed by atoms with Crippen molar-refractivity contribution in [3.05, 3.63) is 71.8 Å². The van der Waals surface area contributed by atoms with Crippen LogP contribution < -0.4 is 0 Å². The van der Waals surface area contributed by atoms with Crippen LogP contribution in [0.3, 0.4) is 0 Å². The summed E-state index contributed by atoms with van der Waals surface area (Å²) in [6, 6.07) is 18.4. The molecule has 0 bridgehead atoms. The molecule has 4 rings (SSSR count). The van der Waals surface area contributed by atoms with Crippen LogP contribution >= 0.6 is 0 Å². The molecule has 0 unspecified atom stereocenters. The lowest BCUT2D eigenvalue weighted by atomic mass is 9.89. The van der Waals surface area contributed by atoms with Crippen LogP contribution in [0.15, 0.2) is 70.6 Å². The van der Waals surface area contributed by atoms with Crippen LogP contribution in [0.4, 0.5) is 0 Å². The Balaban J connectivity index is 2.07. The van der Waals surface area contributed by atoms with Gasteiger partial charge in [0, 0.05) is 34.7 Å². The monoisotopic (exact) mass is 456 g/mol. The first kappa shape index (κ1) is 23.4. The number of hydrogen-bond acceptors (Lipinski definition) is 6. The molecule has 4 aromatic rings. The maximum absolute atomic E-state index is 11.4. The fourth-order valence-electron chi connectivity index (χ4n) is 3.93. The Morgan fingerprint density at radius 2 is 1.06 bits per heavy atom. The molecule has 34 heavy (non-hydrogen) atoms. The zero-order valence-electron chi connectivity index (χ0n) is 19.2. The minimum absolute atomic E-state index is 0.00846. The fourth-order valence-corrected chi connectivity index (χ4v) is 3.93. The molecule has 0 heterocycles. The summed E-state index contributed by atoms with van der Waals surface area (Å²) < 4.78 is 0. The summed E-state index contributed by atoms with van der Waals surface area (Å²) in [5.41, 5.74) is 1.97. The lowest BCUT2D eigenvalue weighted by Crippen LogP contribution is -2.04. The van der Waals surface area contributed by atoms with Crippen LogP contribution in [-0.4, -0.2) is 58.2 Å². The van der Waals surface area contributed by atoms with Crippen molar-refractivity contribution in [3.8, 4) is 22.6 Å². The van der Waals surface area contributed by atoms with E-state index in [1.54, 1.807) is 26.3 Å². The van der Waals surface area contributed by atoms with Crippen molar-refractivity contribution >= 4 is 34.0 Å². The molecule has 6 heteroatoms. The smallest absolute Gasteiger partial charge is 0.132 e. The summed E-state index contributed by atoms with van der Waals surface area (Å²) in [5, 5.41) is 44.9. The van der Waals surface area contributed by atoms with Crippen LogP contribution in [0.2, 0.25) is 0 Å². The summed E-state index contributed by atoms with van der Waals surface area (Å²) in [5.74, 6) is -0.0169. The standard InChI is InChI=1S/C28H28N2O4/c1-17(15-31)29-13-21-11-19-7-3-5-9-23(19)25(27(21)33)26-24-10-6-4-8-20(24)12-22(28(26)34)14-30-18(2)16-32/h3-14,17-18,31-34H,15-16H2,1-2H3/t17-,18-/m1/s1. The van der Waals surface area contributed by atoms with Gasteiger partial charge in [0.25, 0.3) is 0 Å². The number of phenols is 2. The van der Waals surface area contributed by atoms with Gasteiger partial charge in [0.15, 0.2) is 0 Å². The van der Waals surface area contributed by atoms with Crippen LogP contribution in [-0.2, 0) is 0 Å². The number of benzene rings is 4. The van der Waals surface area contributed by atoms with Gasteiger partial charge in [-0.3, -0.25) is 9.98 Å². The van der Waals surface area contributed by atoms with E-state index in [9.17, 15) is 20.4 Å². The Labute approximate surface area is 198 Å². The minimum Gasteiger partial charge on any atom is -0.507 e. The molecule has 174 valence electrons. The van der Waals surface area contributed by atoms with E-state index in [4.69, 9.17) is 0 Å². The number of nitrogens with zero attached hydrogens (tertiary/aromatic N) is 2. The third-order valence-electron chi connectivity index (χ3n) is 5.82. The Kier molecular flexibility index (Phi) is 6.91. The first-order valence-corrected chi connectivity index (χ1v) is 11.2. The first-order valence-electron chi connectivity index (χ1n) is 11.2. The molecular formula is C28H28N2O4. The topological polar surface area (TPSA) is 106 Å². The Bertz CT molecular complexity index is 1290. The number of aliphatic hydroxyl groups excluding tert-OH is 2. The lowest BCUT2D eigenvalue weighted by Gasteiger charge is -2.17. The largest absolute Gasteiger partial charge is 0.507 e. The highest BCUT2D eigenvalue weighted by Gasteiger charge is 2.21. The number of hydrogen-bond donors (Lipinski definition) is 4. The van der Waals surface area contributed by atoms with E-state index in [1.807, 2.05) is 60.7 Å². The van der Waals surface area contributed by atoms with Crippen molar-refractivity contribution in [2.75, 3.05) is 13.2 Å². The summed E-state index contributed by atoms with van der Waals surface area (Å²) in [7, 11) is 0. The van der Waals surface area contributed by atoms with E-state index in [1.165, 1.54) is 0 Å². The molecule has 0 saturated heterocycles. The maximum Gasteiger partial charge on any atom is 0.132 e. The highest BCUT2D eigenvalue weighted by atomic mass is 16.3. The molecule has 0 aliphatic rings. The van der Waals surface area contributed by atoms with Crippen molar-refractivity contribution in [2.24, 2.45) is 9.98 Å². The van der Waals surface area contributed by atoms with Crippen LogP contribution in [0.25, 0.3) is 32.7 Å². The van der Waals surface area contributed by atoms with Crippen molar-refractivity contribution in [2.45, 2.75) is 25.9 Å². The van der Waals surface area contributed by atoms with E-state index >= 15 is 0 Å². The van der Waals surface area contributed by atoms with Crippen LogP contribution in [0, 0.1) is 0 Å². The van der Waals surface area contributed by atoms with Crippen molar-refractivity contribution in [1.29, 1.82) is 0 Å². The average molecular weight is 457 g/mol. The number of aliphatic imine (C=N–C) groups is 2. The maximum atomic E-state index is 11.4. The molecule has 4 aromatic carbocycles. The second kappa shape index (κ2) is 10.0. The average Bonchev–Trinajstić information content (AvgIpc) is 2.86. The van der Waals surface area contributed by atoms with E-state index in [2.05, 4.69) is 9.98 Å². The SMILES string of the molecule is C[C@H](CO)N=Cc1cc2ccccc2c(-c2c(O)c(C=N[C@H](C)CO)cc3ccccc23)c1O. The molecule has 0 fully saturated rings. The molecule has 0 aliphatic carbocycles. The van der Waals surface area contributed by atoms with Crippen LogP contribution in [0.1, 0.15) is 25.0 Å².